The Kier molecular flexibility index (Phi) is 4.94. The molecule has 1 heterocycles. The molecular formula is C11H18N2O5. The predicted molar refractivity (Wildman–Crippen MR) is 61.2 cm³/mol. The topological polar surface area (TPSA) is 84.9 Å². The van der Waals surface area contributed by atoms with E-state index >= 15 is 0 Å². The van der Waals surface area contributed by atoms with Gasteiger partial charge in [-0.3, -0.25) is 15.0 Å². The van der Waals surface area contributed by atoms with E-state index in [0.29, 0.717) is 0 Å². The highest BCUT2D eigenvalue weighted by atomic mass is 16.6. The molecule has 1 N–H and O–H groups in total. The molecule has 0 aromatic rings. The van der Waals surface area contributed by atoms with Gasteiger partial charge in [-0.05, 0) is 5.92 Å². The minimum atomic E-state index is -0.661. The van der Waals surface area contributed by atoms with E-state index < -0.39 is 23.9 Å². The molecule has 0 aliphatic carbocycles. The van der Waals surface area contributed by atoms with Gasteiger partial charge in [-0.2, -0.15) is 0 Å². The first kappa shape index (κ1) is 14.3. The Morgan fingerprint density at radius 1 is 1.50 bits per heavy atom. The lowest BCUT2D eigenvalue weighted by molar-refractivity contribution is -0.151. The lowest BCUT2D eigenvalue weighted by Gasteiger charge is -2.30. The van der Waals surface area contributed by atoms with Crippen molar-refractivity contribution in [3.8, 4) is 0 Å². The van der Waals surface area contributed by atoms with Crippen LogP contribution in [0.1, 0.15) is 20.3 Å². The fourth-order valence-corrected chi connectivity index (χ4v) is 1.51. The van der Waals surface area contributed by atoms with E-state index in [1.165, 1.54) is 7.11 Å². The highest BCUT2D eigenvalue weighted by molar-refractivity contribution is 5.86. The molecule has 1 atom stereocenters. The number of methoxy groups -OCH3 is 1. The smallest absolute Gasteiger partial charge is 0.428 e. The Morgan fingerprint density at radius 3 is 2.72 bits per heavy atom. The molecule has 7 nitrogen and oxygen atoms in total. The summed E-state index contributed by atoms with van der Waals surface area (Å²) in [6.07, 6.45) is -0.647. The fourth-order valence-electron chi connectivity index (χ4n) is 1.51. The van der Waals surface area contributed by atoms with E-state index in [4.69, 9.17) is 4.74 Å². The van der Waals surface area contributed by atoms with E-state index in [1.54, 1.807) is 0 Å². The van der Waals surface area contributed by atoms with Gasteiger partial charge >= 0.3 is 12.1 Å². The van der Waals surface area contributed by atoms with Gasteiger partial charge in [0.1, 0.15) is 0 Å². The summed E-state index contributed by atoms with van der Waals surface area (Å²) in [5.41, 5.74) is 2.36. The second-order valence-corrected chi connectivity index (χ2v) is 4.54. The van der Waals surface area contributed by atoms with E-state index in [0.717, 1.165) is 5.01 Å². The lowest BCUT2D eigenvalue weighted by atomic mass is 10.0. The number of hydrogen-bond acceptors (Lipinski definition) is 5. The van der Waals surface area contributed by atoms with Crippen LogP contribution >= 0.6 is 0 Å². The molecule has 1 unspecified atom stereocenters. The van der Waals surface area contributed by atoms with Gasteiger partial charge in [0.15, 0.2) is 0 Å². The van der Waals surface area contributed by atoms with Crippen LogP contribution in [0.15, 0.2) is 0 Å². The Labute approximate surface area is 105 Å². The summed E-state index contributed by atoms with van der Waals surface area (Å²) in [4.78, 5) is 34.4. The van der Waals surface area contributed by atoms with Gasteiger partial charge in [-0.25, -0.2) is 9.80 Å². The number of ether oxygens (including phenoxy) is 2. The average Bonchev–Trinajstić information content (AvgIpc) is 2.34. The first-order valence-electron chi connectivity index (χ1n) is 5.75. The Hall–Kier alpha value is -1.79. The maximum absolute atomic E-state index is 11.6. The molecule has 0 aromatic heterocycles. The molecule has 0 radical (unpaired) electrons. The highest BCUT2D eigenvalue weighted by Crippen LogP contribution is 2.13. The molecule has 102 valence electrons. The number of amides is 2. The van der Waals surface area contributed by atoms with Crippen LogP contribution in [0.4, 0.5) is 4.79 Å². The maximum atomic E-state index is 11.6. The number of carbonyl (C=O) groups is 3. The molecular weight excluding hydrogens is 240 g/mol. The van der Waals surface area contributed by atoms with Crippen molar-refractivity contribution < 1.29 is 23.9 Å². The van der Waals surface area contributed by atoms with Crippen LogP contribution in [0.2, 0.25) is 0 Å². The van der Waals surface area contributed by atoms with Crippen LogP contribution in [-0.4, -0.2) is 43.2 Å². The SMILES string of the molecule is COC(=O)C1CC(=O)NN(C(=O)OCC(C)C)C1. The third kappa shape index (κ3) is 3.90. The normalized spacial score (nSPS) is 19.4. The molecule has 1 aliphatic heterocycles. The van der Waals surface area contributed by atoms with Crippen LogP contribution in [0.25, 0.3) is 0 Å². The minimum Gasteiger partial charge on any atom is -0.469 e. The number of hydrazine groups is 1. The van der Waals surface area contributed by atoms with Crippen LogP contribution < -0.4 is 5.43 Å². The molecule has 0 spiro atoms. The molecule has 18 heavy (non-hydrogen) atoms. The quantitative estimate of drug-likeness (QED) is 0.736. The third-order valence-corrected chi connectivity index (χ3v) is 2.39. The lowest BCUT2D eigenvalue weighted by Crippen LogP contribution is -2.55. The van der Waals surface area contributed by atoms with E-state index in [9.17, 15) is 14.4 Å². The molecule has 7 heteroatoms. The summed E-state index contributed by atoms with van der Waals surface area (Å²) < 4.78 is 9.54. The summed E-state index contributed by atoms with van der Waals surface area (Å²) in [5, 5.41) is 1.01. The van der Waals surface area contributed by atoms with Gasteiger partial charge in [0.25, 0.3) is 0 Å². The molecule has 1 fully saturated rings. The molecule has 0 bridgehead atoms. The second kappa shape index (κ2) is 6.23. The molecule has 2 amide bonds. The van der Waals surface area contributed by atoms with Gasteiger partial charge in [-0.1, -0.05) is 13.8 Å². The first-order chi connectivity index (χ1) is 8.43. The summed E-state index contributed by atoms with van der Waals surface area (Å²) in [6.45, 7) is 4.13. The van der Waals surface area contributed by atoms with Crippen molar-refractivity contribution in [3.05, 3.63) is 0 Å². The fraction of sp³-hybridized carbons (Fsp3) is 0.727. The number of hydrogen-bond donors (Lipinski definition) is 1. The van der Waals surface area contributed by atoms with Crippen molar-refractivity contribution in [1.29, 1.82) is 0 Å². The Balaban J connectivity index is 2.57. The molecule has 1 saturated heterocycles. The van der Waals surface area contributed by atoms with Crippen LogP contribution in [0, 0.1) is 11.8 Å². The summed E-state index contributed by atoms with van der Waals surface area (Å²) in [5.74, 6) is -1.36. The molecule has 0 aromatic carbocycles. The number of nitrogens with one attached hydrogen (secondary N) is 1. The second-order valence-electron chi connectivity index (χ2n) is 4.54. The third-order valence-electron chi connectivity index (χ3n) is 2.39. The largest absolute Gasteiger partial charge is 0.469 e. The van der Waals surface area contributed by atoms with Gasteiger partial charge < -0.3 is 9.47 Å². The van der Waals surface area contributed by atoms with Crippen LogP contribution in [0.5, 0.6) is 0 Å². The van der Waals surface area contributed by atoms with Gasteiger partial charge in [0.2, 0.25) is 5.91 Å². The van der Waals surface area contributed by atoms with E-state index in [-0.39, 0.29) is 25.5 Å². The zero-order valence-electron chi connectivity index (χ0n) is 10.8. The Morgan fingerprint density at radius 2 is 2.17 bits per heavy atom. The van der Waals surface area contributed by atoms with Gasteiger partial charge in [0, 0.05) is 6.42 Å². The number of rotatable bonds is 3. The van der Waals surface area contributed by atoms with Crippen molar-refractivity contribution in [2.24, 2.45) is 11.8 Å². The molecule has 1 aliphatic rings. The number of nitrogens with zero attached hydrogens (tertiary/aromatic N) is 1. The zero-order chi connectivity index (χ0) is 13.7. The number of carbonyl (C=O) groups excluding carboxylic acids is 3. The average molecular weight is 258 g/mol. The van der Waals surface area contributed by atoms with Gasteiger partial charge in [-0.15, -0.1) is 0 Å². The standard InChI is InChI=1S/C11H18N2O5/c1-7(2)6-18-11(16)13-5-8(10(15)17-3)4-9(14)12-13/h7-8H,4-6H2,1-3H3,(H,12,14). The van der Waals surface area contributed by atoms with Crippen LogP contribution in [0.3, 0.4) is 0 Å². The van der Waals surface area contributed by atoms with Crippen molar-refractivity contribution in [3.63, 3.8) is 0 Å². The molecule has 0 saturated carbocycles. The summed E-state index contributed by atoms with van der Waals surface area (Å²) >= 11 is 0. The predicted octanol–water partition coefficient (Wildman–Crippen LogP) is 0.305. The van der Waals surface area contributed by atoms with Crippen molar-refractivity contribution in [2.75, 3.05) is 20.3 Å². The summed E-state index contributed by atoms with van der Waals surface area (Å²) in [6, 6.07) is 0. The van der Waals surface area contributed by atoms with E-state index in [2.05, 4.69) is 10.2 Å². The Bertz CT molecular complexity index is 342. The first-order valence-corrected chi connectivity index (χ1v) is 5.75. The minimum absolute atomic E-state index is 0.0145. The van der Waals surface area contributed by atoms with Crippen molar-refractivity contribution >= 4 is 18.0 Å². The number of esters is 1. The van der Waals surface area contributed by atoms with Crippen LogP contribution in [-0.2, 0) is 19.1 Å². The maximum Gasteiger partial charge on any atom is 0.428 e. The molecule has 1 rings (SSSR count). The highest BCUT2D eigenvalue weighted by Gasteiger charge is 2.34. The van der Waals surface area contributed by atoms with Crippen molar-refractivity contribution in [2.45, 2.75) is 20.3 Å². The monoisotopic (exact) mass is 258 g/mol. The van der Waals surface area contributed by atoms with E-state index in [1.807, 2.05) is 13.8 Å². The zero-order valence-corrected chi connectivity index (χ0v) is 10.8. The summed E-state index contributed by atoms with van der Waals surface area (Å²) in [7, 11) is 1.25. The van der Waals surface area contributed by atoms with Crippen molar-refractivity contribution in [1.82, 2.24) is 10.4 Å². The van der Waals surface area contributed by atoms with Gasteiger partial charge in [0.05, 0.1) is 26.2 Å².